The number of nitrogens with one attached hydrogen (secondary N) is 7. The van der Waals surface area contributed by atoms with Gasteiger partial charge in [0.1, 0.15) is 42.8 Å². The smallest absolute Gasteiger partial charge is 0.312 e. The average Bonchev–Trinajstić information content (AvgIpc) is 3.36. The highest BCUT2D eigenvalue weighted by molar-refractivity contribution is 5.98. The minimum absolute atomic E-state index is 0.0955. The van der Waals surface area contributed by atoms with Crippen molar-refractivity contribution in [2.75, 3.05) is 58.3 Å². The fourth-order valence-electron chi connectivity index (χ4n) is 7.46. The lowest BCUT2D eigenvalue weighted by molar-refractivity contribution is -0.132. The molecule has 19 N–H and O–H groups in total. The minimum atomic E-state index is -1.91. The third-order valence-electron chi connectivity index (χ3n) is 11.9. The van der Waals surface area contributed by atoms with Gasteiger partial charge >= 0.3 is 6.03 Å². The Labute approximate surface area is 425 Å². The van der Waals surface area contributed by atoms with Gasteiger partial charge in [0, 0.05) is 51.3 Å². The lowest BCUT2D eigenvalue weighted by Crippen LogP contribution is -2.54. The van der Waals surface area contributed by atoms with Gasteiger partial charge in [-0.15, -0.1) is 0 Å². The van der Waals surface area contributed by atoms with Gasteiger partial charge in [0.05, 0.1) is 43.6 Å². The Hall–Kier alpha value is -4.97. The van der Waals surface area contributed by atoms with Crippen LogP contribution in [0.3, 0.4) is 0 Å². The number of primary amides is 1. The number of amides is 7. The summed E-state index contributed by atoms with van der Waals surface area (Å²) in [5.74, 6) is -3.06. The zero-order chi connectivity index (χ0) is 55.0. The molecule has 0 aliphatic carbocycles. The van der Waals surface area contributed by atoms with E-state index < -0.39 is 128 Å². The van der Waals surface area contributed by atoms with Crippen LogP contribution in [0.4, 0.5) is 10.5 Å². The molecule has 26 nitrogen and oxygen atoms in total. The summed E-state index contributed by atoms with van der Waals surface area (Å²) in [5, 5.41) is 118. The monoisotopic (exact) mass is 1050 g/mol. The van der Waals surface area contributed by atoms with Gasteiger partial charge in [0.15, 0.2) is 0 Å². The van der Waals surface area contributed by atoms with Crippen molar-refractivity contribution in [1.82, 2.24) is 36.8 Å². The van der Waals surface area contributed by atoms with Crippen molar-refractivity contribution in [2.24, 2.45) is 11.7 Å². The molecule has 11 atom stereocenters. The summed E-state index contributed by atoms with van der Waals surface area (Å²) >= 11 is 0. The first kappa shape index (κ1) is 66.0. The number of aliphatic hydroxyl groups is 10. The van der Waals surface area contributed by atoms with Gasteiger partial charge in [-0.05, 0) is 95.0 Å². The Balaban J connectivity index is 2.66. The Kier molecular flexibility index (Phi) is 33.4. The summed E-state index contributed by atoms with van der Waals surface area (Å²) in [7, 11) is 1.57. The Bertz CT molecular complexity index is 1790. The van der Waals surface area contributed by atoms with Crippen molar-refractivity contribution >= 4 is 47.5 Å². The number of hydrogen-bond donors (Lipinski definition) is 18. The second-order valence-electron chi connectivity index (χ2n) is 18.3. The number of nitrogens with zero attached hydrogens (tertiary/aromatic N) is 1. The van der Waals surface area contributed by atoms with Gasteiger partial charge in [0.2, 0.25) is 29.5 Å². The summed E-state index contributed by atoms with van der Waals surface area (Å²) in [6.45, 7) is 1.59. The molecule has 1 rings (SSSR count). The van der Waals surface area contributed by atoms with E-state index in [0.717, 1.165) is 0 Å². The third-order valence-corrected chi connectivity index (χ3v) is 11.9. The Morgan fingerprint density at radius 3 is 1.79 bits per heavy atom. The molecule has 0 aromatic heterocycles. The molecule has 8 unspecified atom stereocenters. The molecule has 0 heterocycles. The first-order chi connectivity index (χ1) is 34.6. The number of carbonyl (C=O) groups excluding carboxylic acids is 7. The van der Waals surface area contributed by atoms with E-state index in [0.29, 0.717) is 49.6 Å². The van der Waals surface area contributed by atoms with Crippen molar-refractivity contribution in [3.63, 3.8) is 0 Å². The molecule has 1 aromatic rings. The summed E-state index contributed by atoms with van der Waals surface area (Å²) in [4.78, 5) is 89.9. The van der Waals surface area contributed by atoms with Crippen molar-refractivity contribution in [3.8, 4) is 0 Å². The SMILES string of the molecule is CN[C@@H](CCCCNC(=O)CCC(=O)NC(C(=O)N[C@@H](CCCNC(N)=O)C(=O)Nc1ccc(CO)cc1)C(C)C)C(=O)NC(C=O)CCCCN(CC(O)C(O)C(O)CCO)CC(O)C(O)C(O)[C@H](O)CO. The zero-order valence-corrected chi connectivity index (χ0v) is 42.1. The maximum atomic E-state index is 13.5. The van der Waals surface area contributed by atoms with Gasteiger partial charge in [-0.1, -0.05) is 26.0 Å². The normalized spacial score (nSPS) is 16.1. The molecule has 73 heavy (non-hydrogen) atoms. The maximum absolute atomic E-state index is 13.5. The van der Waals surface area contributed by atoms with Crippen LogP contribution in [-0.2, 0) is 35.4 Å². The number of hydrogen-bond acceptors (Lipinski definition) is 19. The fraction of sp³-hybridized carbons (Fsp3) is 0.723. The average molecular weight is 1050 g/mol. The molecular weight excluding hydrogens is 963 g/mol. The van der Waals surface area contributed by atoms with Crippen molar-refractivity contribution in [2.45, 2.75) is 158 Å². The van der Waals surface area contributed by atoms with Gasteiger partial charge in [-0.2, -0.15) is 0 Å². The molecule has 0 radical (unpaired) electrons. The zero-order valence-electron chi connectivity index (χ0n) is 42.1. The van der Waals surface area contributed by atoms with Crippen LogP contribution in [0.1, 0.15) is 90.0 Å². The molecular formula is C47H83N9O17. The lowest BCUT2D eigenvalue weighted by Gasteiger charge is -2.33. The van der Waals surface area contributed by atoms with E-state index in [1.54, 1.807) is 45.2 Å². The molecule has 0 aliphatic heterocycles. The number of benzene rings is 1. The topological polar surface area (TPSA) is 435 Å². The highest BCUT2D eigenvalue weighted by Crippen LogP contribution is 2.15. The number of aldehydes is 1. The van der Waals surface area contributed by atoms with Crippen molar-refractivity contribution in [1.29, 1.82) is 0 Å². The van der Waals surface area contributed by atoms with Crippen LogP contribution in [0, 0.1) is 5.92 Å². The quantitative estimate of drug-likeness (QED) is 0.0216. The van der Waals surface area contributed by atoms with Crippen LogP contribution in [0.5, 0.6) is 0 Å². The van der Waals surface area contributed by atoms with Crippen LogP contribution in [0.2, 0.25) is 0 Å². The van der Waals surface area contributed by atoms with E-state index in [-0.39, 0.29) is 71.3 Å². The molecule has 0 aliphatic rings. The largest absolute Gasteiger partial charge is 0.396 e. The second-order valence-corrected chi connectivity index (χ2v) is 18.3. The van der Waals surface area contributed by atoms with Crippen LogP contribution in [0.15, 0.2) is 24.3 Å². The third kappa shape index (κ3) is 26.7. The molecule has 0 spiro atoms. The maximum Gasteiger partial charge on any atom is 0.312 e. The molecule has 1 aromatic carbocycles. The highest BCUT2D eigenvalue weighted by atomic mass is 16.4. The number of carbonyl (C=O) groups is 7. The van der Waals surface area contributed by atoms with E-state index in [1.807, 2.05) is 0 Å². The summed E-state index contributed by atoms with van der Waals surface area (Å²) in [6.07, 6.45) is -9.59. The van der Waals surface area contributed by atoms with Gasteiger partial charge in [-0.25, -0.2) is 4.79 Å². The number of aliphatic hydroxyl groups excluding tert-OH is 10. The molecule has 0 saturated carbocycles. The molecule has 0 bridgehead atoms. The number of urea groups is 1. The molecule has 418 valence electrons. The number of nitrogens with two attached hydrogens (primary N) is 1. The molecule has 0 saturated heterocycles. The van der Waals surface area contributed by atoms with Crippen LogP contribution in [0.25, 0.3) is 0 Å². The predicted molar refractivity (Wildman–Crippen MR) is 265 cm³/mol. The fourth-order valence-corrected chi connectivity index (χ4v) is 7.46. The van der Waals surface area contributed by atoms with Crippen molar-refractivity contribution < 1.29 is 84.6 Å². The minimum Gasteiger partial charge on any atom is -0.396 e. The van der Waals surface area contributed by atoms with Gasteiger partial charge < -0.3 is 98.8 Å². The number of likely N-dealkylation sites (N-methyl/N-ethyl adjacent to an activating group) is 1. The summed E-state index contributed by atoms with van der Waals surface area (Å²) < 4.78 is 0. The number of unbranched alkanes of at least 4 members (excludes halogenated alkanes) is 2. The molecule has 7 amide bonds. The van der Waals surface area contributed by atoms with Gasteiger partial charge in [0.25, 0.3) is 0 Å². The summed E-state index contributed by atoms with van der Waals surface area (Å²) in [6, 6.07) is 1.96. The number of rotatable bonds is 40. The van der Waals surface area contributed by atoms with E-state index in [9.17, 15) is 74.4 Å². The van der Waals surface area contributed by atoms with Gasteiger partial charge in [-0.3, -0.25) is 28.9 Å². The van der Waals surface area contributed by atoms with E-state index in [2.05, 4.69) is 37.2 Å². The summed E-state index contributed by atoms with van der Waals surface area (Å²) in [5.41, 5.74) is 6.18. The Morgan fingerprint density at radius 1 is 0.630 bits per heavy atom. The van der Waals surface area contributed by atoms with Crippen molar-refractivity contribution in [3.05, 3.63) is 29.8 Å². The van der Waals surface area contributed by atoms with E-state index in [1.165, 1.54) is 4.90 Å². The Morgan fingerprint density at radius 2 is 1.22 bits per heavy atom. The first-order valence-electron chi connectivity index (χ1n) is 24.7. The van der Waals surface area contributed by atoms with Crippen LogP contribution < -0.4 is 43.0 Å². The lowest BCUT2D eigenvalue weighted by atomic mass is 10.0. The highest BCUT2D eigenvalue weighted by Gasteiger charge is 2.33. The first-order valence-corrected chi connectivity index (χ1v) is 24.7. The molecule has 26 heteroatoms. The standard InChI is InChI=1S/C47H83N9O17/c1-28(2)40(46(72)54-33(11-8-20-51-47(48)73)45(71)52-30-14-12-29(25-58)13-15-30)55-39(66)17-16-38(65)50-19-6-4-10-32(49-3)44(70)53-31(26-59)9-5-7-21-56(23-35(62)41(67)34(61)18-22-57)24-36(63)42(68)43(69)37(64)27-60/h12-15,26,28,31-37,40-43,49,57-58,60-64,67-69H,4-11,16-25,27H2,1-3H3,(H,50,65)(H,52,71)(H,53,70)(H,54,72)(H,55,66)(H3,48,51,73)/t31?,32-,33-,34?,35?,36?,37+,40?,41?,42?,43?/m0/s1. The predicted octanol–water partition coefficient (Wildman–Crippen LogP) is -5.10. The van der Waals surface area contributed by atoms with Crippen LogP contribution in [-0.4, -0.2) is 218 Å². The van der Waals surface area contributed by atoms with Crippen LogP contribution >= 0.6 is 0 Å². The number of anilines is 1. The molecule has 0 fully saturated rings. The van der Waals surface area contributed by atoms with E-state index in [4.69, 9.17) is 15.9 Å². The second kappa shape index (κ2) is 36.9. The van der Waals surface area contributed by atoms with E-state index >= 15 is 0 Å².